The number of pyridine rings is 1. The lowest BCUT2D eigenvalue weighted by molar-refractivity contribution is 0.393. The zero-order valence-corrected chi connectivity index (χ0v) is 22.8. The third-order valence-electron chi connectivity index (χ3n) is 6.80. The molecule has 1 aliphatic rings. The van der Waals surface area contributed by atoms with Crippen LogP contribution < -0.4 is 15.0 Å². The van der Waals surface area contributed by atoms with Crippen molar-refractivity contribution in [2.24, 2.45) is 5.92 Å². The molecule has 192 valence electrons. The Morgan fingerprint density at radius 2 is 2.00 bits per heavy atom. The minimum absolute atomic E-state index is 0.252. The van der Waals surface area contributed by atoms with Crippen molar-refractivity contribution in [3.63, 3.8) is 0 Å². The standard InChI is InChI=1S/C26H36N8OS/c1-15(2)12-27-19-7-9-33(10-8-19)26-17(5)30-25(36-26)23-21(16(3)4)22(31-32-23)18-11-20(35-6)24-28-14-29-34(24)13-18/h11,13-16,19,27H,7-10,12H2,1-6H3,(H,31,32). The van der Waals surface area contributed by atoms with Crippen LogP contribution in [0.1, 0.15) is 57.7 Å². The molecule has 0 unspecified atom stereocenters. The van der Waals surface area contributed by atoms with Crippen molar-refractivity contribution in [3.8, 4) is 27.7 Å². The van der Waals surface area contributed by atoms with Crippen molar-refractivity contribution in [2.75, 3.05) is 31.6 Å². The number of methoxy groups -OCH3 is 1. The van der Waals surface area contributed by atoms with E-state index in [0.29, 0.717) is 23.4 Å². The largest absolute Gasteiger partial charge is 0.493 e. The molecular formula is C26H36N8OS. The third-order valence-corrected chi connectivity index (χ3v) is 8.03. The van der Waals surface area contributed by atoms with Gasteiger partial charge in [-0.15, -0.1) is 0 Å². The third kappa shape index (κ3) is 4.71. The first kappa shape index (κ1) is 24.7. The van der Waals surface area contributed by atoms with E-state index in [1.807, 2.05) is 12.3 Å². The van der Waals surface area contributed by atoms with E-state index in [2.05, 4.69) is 60.0 Å². The molecule has 1 fully saturated rings. The number of thiazole rings is 1. The molecule has 0 radical (unpaired) electrons. The van der Waals surface area contributed by atoms with Crippen LogP contribution in [0.2, 0.25) is 0 Å². The van der Waals surface area contributed by atoms with E-state index < -0.39 is 0 Å². The van der Waals surface area contributed by atoms with E-state index in [0.717, 1.165) is 65.7 Å². The minimum atomic E-state index is 0.252. The zero-order valence-electron chi connectivity index (χ0n) is 22.0. The normalized spacial score (nSPS) is 15.1. The highest BCUT2D eigenvalue weighted by molar-refractivity contribution is 7.19. The van der Waals surface area contributed by atoms with Gasteiger partial charge in [0, 0.05) is 36.5 Å². The number of nitrogens with zero attached hydrogens (tertiary/aromatic N) is 6. The lowest BCUT2D eigenvalue weighted by atomic mass is 9.97. The molecule has 0 aromatic carbocycles. The first-order valence-electron chi connectivity index (χ1n) is 12.8. The molecule has 0 bridgehead atoms. The van der Waals surface area contributed by atoms with Crippen LogP contribution in [0.15, 0.2) is 18.6 Å². The van der Waals surface area contributed by atoms with Crippen LogP contribution in [0, 0.1) is 12.8 Å². The Balaban J connectivity index is 1.43. The minimum Gasteiger partial charge on any atom is -0.493 e. The van der Waals surface area contributed by atoms with Crippen molar-refractivity contribution < 1.29 is 4.74 Å². The van der Waals surface area contributed by atoms with Crippen LogP contribution in [0.3, 0.4) is 0 Å². The topological polar surface area (TPSA) is 96.3 Å². The average molecular weight is 509 g/mol. The molecule has 1 aliphatic heterocycles. The summed E-state index contributed by atoms with van der Waals surface area (Å²) in [6.45, 7) is 14.2. The summed E-state index contributed by atoms with van der Waals surface area (Å²) in [5, 5.41) is 18.3. The molecule has 0 atom stereocenters. The molecule has 0 saturated carbocycles. The summed E-state index contributed by atoms with van der Waals surface area (Å²) in [5.41, 5.74) is 5.75. The number of aromatic amines is 1. The van der Waals surface area contributed by atoms with Gasteiger partial charge in [0.2, 0.25) is 0 Å². The summed E-state index contributed by atoms with van der Waals surface area (Å²) >= 11 is 1.75. The number of ether oxygens (including phenoxy) is 1. The molecule has 9 nitrogen and oxygen atoms in total. The summed E-state index contributed by atoms with van der Waals surface area (Å²) < 4.78 is 7.32. The zero-order chi connectivity index (χ0) is 25.4. The second-order valence-electron chi connectivity index (χ2n) is 10.3. The molecule has 4 aromatic heterocycles. The molecule has 0 aliphatic carbocycles. The van der Waals surface area contributed by atoms with Crippen molar-refractivity contribution in [3.05, 3.63) is 29.8 Å². The van der Waals surface area contributed by atoms with Gasteiger partial charge < -0.3 is 15.0 Å². The van der Waals surface area contributed by atoms with Gasteiger partial charge in [-0.2, -0.15) is 10.2 Å². The number of H-pyrrole nitrogens is 1. The fraction of sp³-hybridized carbons (Fsp3) is 0.538. The maximum atomic E-state index is 5.58. The van der Waals surface area contributed by atoms with E-state index in [9.17, 15) is 0 Å². The van der Waals surface area contributed by atoms with Gasteiger partial charge >= 0.3 is 0 Å². The molecule has 10 heteroatoms. The maximum Gasteiger partial charge on any atom is 0.197 e. The molecular weight excluding hydrogens is 472 g/mol. The second kappa shape index (κ2) is 10.2. The summed E-state index contributed by atoms with van der Waals surface area (Å²) in [5.74, 6) is 1.61. The van der Waals surface area contributed by atoms with Gasteiger partial charge in [0.1, 0.15) is 22.0 Å². The summed E-state index contributed by atoms with van der Waals surface area (Å²) in [6, 6.07) is 2.60. The molecule has 1 saturated heterocycles. The van der Waals surface area contributed by atoms with Gasteiger partial charge in [0.15, 0.2) is 11.4 Å². The molecule has 0 spiro atoms. The number of rotatable bonds is 8. The van der Waals surface area contributed by atoms with Crippen LogP contribution in [0.4, 0.5) is 5.00 Å². The quantitative estimate of drug-likeness (QED) is 0.349. The number of fused-ring (bicyclic) bond motifs is 1. The Morgan fingerprint density at radius 3 is 2.69 bits per heavy atom. The van der Waals surface area contributed by atoms with Gasteiger partial charge in [-0.1, -0.05) is 39.0 Å². The summed E-state index contributed by atoms with van der Waals surface area (Å²) in [7, 11) is 1.65. The Kier molecular flexibility index (Phi) is 6.98. The lowest BCUT2D eigenvalue weighted by Crippen LogP contribution is -2.43. The van der Waals surface area contributed by atoms with Crippen LogP contribution in [0.5, 0.6) is 5.75 Å². The van der Waals surface area contributed by atoms with Gasteiger partial charge in [0.25, 0.3) is 0 Å². The number of hydrogen-bond acceptors (Lipinski definition) is 8. The van der Waals surface area contributed by atoms with Gasteiger partial charge in [-0.05, 0) is 44.2 Å². The van der Waals surface area contributed by atoms with E-state index in [4.69, 9.17) is 14.8 Å². The van der Waals surface area contributed by atoms with Crippen molar-refractivity contribution in [2.45, 2.75) is 59.4 Å². The number of nitrogens with one attached hydrogen (secondary N) is 2. The van der Waals surface area contributed by atoms with Gasteiger partial charge in [0.05, 0.1) is 18.5 Å². The lowest BCUT2D eigenvalue weighted by Gasteiger charge is -2.33. The molecule has 5 heterocycles. The Hall–Kier alpha value is -2.98. The van der Waals surface area contributed by atoms with Crippen molar-refractivity contribution in [1.29, 1.82) is 0 Å². The molecule has 5 rings (SSSR count). The van der Waals surface area contributed by atoms with E-state index >= 15 is 0 Å². The number of hydrogen-bond donors (Lipinski definition) is 2. The number of piperidine rings is 1. The highest BCUT2D eigenvalue weighted by Gasteiger charge is 2.26. The number of aromatic nitrogens is 6. The maximum absolute atomic E-state index is 5.58. The fourth-order valence-corrected chi connectivity index (χ4v) is 6.07. The van der Waals surface area contributed by atoms with Crippen LogP contribution in [-0.2, 0) is 0 Å². The number of anilines is 1. The van der Waals surface area contributed by atoms with E-state index in [-0.39, 0.29) is 5.92 Å². The first-order chi connectivity index (χ1) is 17.4. The SMILES string of the molecule is COc1cc(-c2[nH]nc(-c3nc(C)c(N4CCC(NCC(C)C)CC4)s3)c2C(C)C)cn2ncnc12. The van der Waals surface area contributed by atoms with Gasteiger partial charge in [-0.25, -0.2) is 14.5 Å². The Labute approximate surface area is 216 Å². The highest BCUT2D eigenvalue weighted by atomic mass is 32.1. The van der Waals surface area contributed by atoms with Crippen LogP contribution in [0.25, 0.3) is 27.6 Å². The predicted octanol–water partition coefficient (Wildman–Crippen LogP) is 4.90. The van der Waals surface area contributed by atoms with Crippen LogP contribution in [-0.4, -0.2) is 62.6 Å². The Bertz CT molecular complexity index is 1330. The van der Waals surface area contributed by atoms with E-state index in [1.165, 1.54) is 11.3 Å². The first-order valence-corrected chi connectivity index (χ1v) is 13.6. The van der Waals surface area contributed by atoms with Gasteiger partial charge in [-0.3, -0.25) is 5.10 Å². The average Bonchev–Trinajstić information content (AvgIpc) is 3.60. The second-order valence-corrected chi connectivity index (χ2v) is 11.3. The molecule has 2 N–H and O–H groups in total. The monoisotopic (exact) mass is 508 g/mol. The molecule has 4 aromatic rings. The smallest absolute Gasteiger partial charge is 0.197 e. The number of aryl methyl sites for hydroxylation is 1. The fourth-order valence-electron chi connectivity index (χ4n) is 4.95. The van der Waals surface area contributed by atoms with Crippen molar-refractivity contribution in [1.82, 2.24) is 35.1 Å². The summed E-state index contributed by atoms with van der Waals surface area (Å²) in [4.78, 5) is 11.8. The predicted molar refractivity (Wildman–Crippen MR) is 145 cm³/mol. The molecule has 0 amide bonds. The molecule has 36 heavy (non-hydrogen) atoms. The Morgan fingerprint density at radius 1 is 1.22 bits per heavy atom. The highest BCUT2D eigenvalue weighted by Crippen LogP contribution is 2.41. The summed E-state index contributed by atoms with van der Waals surface area (Å²) in [6.07, 6.45) is 5.82. The van der Waals surface area contributed by atoms with Crippen molar-refractivity contribution >= 4 is 22.0 Å². The van der Waals surface area contributed by atoms with E-state index in [1.54, 1.807) is 23.0 Å². The van der Waals surface area contributed by atoms with Crippen LogP contribution >= 0.6 is 11.3 Å².